The molecule has 10 heteroatoms. The summed E-state index contributed by atoms with van der Waals surface area (Å²) in [5.41, 5.74) is 1.70. The van der Waals surface area contributed by atoms with Gasteiger partial charge in [0.15, 0.2) is 17.0 Å². The smallest absolute Gasteiger partial charge is 0.280 e. The van der Waals surface area contributed by atoms with E-state index in [1.807, 2.05) is 12.1 Å². The summed E-state index contributed by atoms with van der Waals surface area (Å²) in [6.45, 7) is 1.96. The molecule has 6 rings (SSSR count). The number of fused-ring (bicyclic) bond motifs is 2. The van der Waals surface area contributed by atoms with E-state index in [2.05, 4.69) is 25.0 Å². The second-order valence-electron chi connectivity index (χ2n) is 7.99. The fourth-order valence-electron chi connectivity index (χ4n) is 4.57. The molecule has 0 amide bonds. The van der Waals surface area contributed by atoms with E-state index in [4.69, 9.17) is 4.52 Å². The van der Waals surface area contributed by atoms with Gasteiger partial charge in [0.25, 0.3) is 5.56 Å². The molecule has 1 saturated carbocycles. The van der Waals surface area contributed by atoms with Crippen molar-refractivity contribution in [2.75, 3.05) is 18.0 Å². The fourth-order valence-corrected chi connectivity index (χ4v) is 4.57. The van der Waals surface area contributed by atoms with Gasteiger partial charge < -0.3 is 14.0 Å². The largest absolute Gasteiger partial charge is 0.371 e. The quantitative estimate of drug-likeness (QED) is 0.507. The van der Waals surface area contributed by atoms with E-state index in [1.54, 1.807) is 17.9 Å². The van der Waals surface area contributed by atoms with Crippen LogP contribution in [0.4, 0.5) is 10.1 Å². The van der Waals surface area contributed by atoms with Crippen molar-refractivity contribution in [2.45, 2.75) is 12.5 Å². The van der Waals surface area contributed by atoms with Gasteiger partial charge in [-0.05, 0) is 36.1 Å². The molecule has 3 aromatic heterocycles. The molecule has 0 N–H and O–H groups in total. The Morgan fingerprint density at radius 2 is 1.87 bits per heavy atom. The summed E-state index contributed by atoms with van der Waals surface area (Å²) in [5, 5.41) is 4.16. The lowest BCUT2D eigenvalue weighted by Crippen LogP contribution is -2.23. The molecule has 1 aliphatic carbocycles. The number of hydrogen-bond acceptors (Lipinski definition) is 7. The molecule has 4 heterocycles. The van der Waals surface area contributed by atoms with Gasteiger partial charge in [0.1, 0.15) is 18.7 Å². The Balaban J connectivity index is 1.16. The Morgan fingerprint density at radius 3 is 2.63 bits per heavy atom. The van der Waals surface area contributed by atoms with E-state index in [0.717, 1.165) is 18.8 Å². The number of anilines is 1. The number of rotatable bonds is 4. The van der Waals surface area contributed by atoms with Crippen LogP contribution in [-0.2, 0) is 13.6 Å². The molecular weight excluding hydrogens is 389 g/mol. The predicted molar refractivity (Wildman–Crippen MR) is 105 cm³/mol. The maximum absolute atomic E-state index is 13.1. The van der Waals surface area contributed by atoms with Crippen LogP contribution in [0.5, 0.6) is 0 Å². The minimum Gasteiger partial charge on any atom is -0.371 e. The van der Waals surface area contributed by atoms with Crippen molar-refractivity contribution < 1.29 is 8.91 Å². The average molecular weight is 407 g/mol. The minimum atomic E-state index is -0.225. The standard InChI is InChI=1S/C20H18FN7O2/c1-26-9-22-19-17(26)20(29)28(10-23-19)8-15-24-18(25-30-15)16-13-6-27(7-14(13)16)12-4-2-11(21)3-5-12/h2-5,9-10,13-14,16H,6-8H2,1H3/t13-,14+,16-. The van der Waals surface area contributed by atoms with Crippen molar-refractivity contribution in [3.05, 3.63) is 64.8 Å². The summed E-state index contributed by atoms with van der Waals surface area (Å²) < 4.78 is 21.6. The van der Waals surface area contributed by atoms with Crippen molar-refractivity contribution in [2.24, 2.45) is 18.9 Å². The SMILES string of the molecule is Cn1cnc2ncn(Cc3nc([C@@H]4[C@@H]5CN(c6ccc(F)cc6)C[C@@H]54)no3)c(=O)c21. The van der Waals surface area contributed by atoms with Crippen LogP contribution < -0.4 is 10.5 Å². The lowest BCUT2D eigenvalue weighted by molar-refractivity contribution is 0.363. The molecule has 0 radical (unpaired) electrons. The summed E-state index contributed by atoms with van der Waals surface area (Å²) >= 11 is 0. The Labute approximate surface area is 169 Å². The zero-order valence-electron chi connectivity index (χ0n) is 16.1. The van der Waals surface area contributed by atoms with Gasteiger partial charge in [0.2, 0.25) is 5.89 Å². The number of nitrogens with zero attached hydrogens (tertiary/aromatic N) is 7. The van der Waals surface area contributed by atoms with E-state index in [0.29, 0.717) is 34.7 Å². The van der Waals surface area contributed by atoms with Gasteiger partial charge in [-0.25, -0.2) is 14.4 Å². The van der Waals surface area contributed by atoms with Crippen LogP contribution in [0.2, 0.25) is 0 Å². The van der Waals surface area contributed by atoms with E-state index < -0.39 is 0 Å². The fraction of sp³-hybridized carbons (Fsp3) is 0.350. The molecule has 152 valence electrons. The lowest BCUT2D eigenvalue weighted by atomic mass is 10.2. The summed E-state index contributed by atoms with van der Waals surface area (Å²) in [5.74, 6) is 2.06. The third-order valence-corrected chi connectivity index (χ3v) is 6.17. The van der Waals surface area contributed by atoms with Crippen LogP contribution >= 0.6 is 0 Å². The molecule has 9 nitrogen and oxygen atoms in total. The Bertz CT molecular complexity index is 1300. The third kappa shape index (κ3) is 2.63. The lowest BCUT2D eigenvalue weighted by Gasteiger charge is -2.21. The van der Waals surface area contributed by atoms with Crippen molar-refractivity contribution in [3.8, 4) is 0 Å². The predicted octanol–water partition coefficient (Wildman–Crippen LogP) is 1.55. The first-order valence-electron chi connectivity index (χ1n) is 9.78. The van der Waals surface area contributed by atoms with Crippen molar-refractivity contribution >= 4 is 16.9 Å². The molecule has 2 fully saturated rings. The number of imidazole rings is 1. The molecular formula is C20H18FN7O2. The van der Waals surface area contributed by atoms with Gasteiger partial charge in [-0.2, -0.15) is 4.98 Å². The maximum Gasteiger partial charge on any atom is 0.280 e. The summed E-state index contributed by atoms with van der Waals surface area (Å²) in [6.07, 6.45) is 3.02. The second-order valence-corrected chi connectivity index (χ2v) is 7.99. The summed E-state index contributed by atoms with van der Waals surface area (Å²) in [7, 11) is 1.76. The molecule has 0 unspecified atom stereocenters. The molecule has 30 heavy (non-hydrogen) atoms. The highest BCUT2D eigenvalue weighted by atomic mass is 19.1. The number of hydrogen-bond donors (Lipinski definition) is 0. The third-order valence-electron chi connectivity index (χ3n) is 6.17. The van der Waals surface area contributed by atoms with Crippen LogP contribution in [0, 0.1) is 17.7 Å². The van der Waals surface area contributed by atoms with Crippen LogP contribution in [0.1, 0.15) is 17.6 Å². The maximum atomic E-state index is 13.1. The van der Waals surface area contributed by atoms with Crippen molar-refractivity contribution in [3.63, 3.8) is 0 Å². The number of piperidine rings is 1. The highest BCUT2D eigenvalue weighted by molar-refractivity contribution is 5.68. The van der Waals surface area contributed by atoms with Crippen molar-refractivity contribution in [1.82, 2.24) is 29.2 Å². The van der Waals surface area contributed by atoms with E-state index in [-0.39, 0.29) is 23.8 Å². The van der Waals surface area contributed by atoms with Crippen LogP contribution in [-0.4, -0.2) is 42.3 Å². The first kappa shape index (κ1) is 17.3. The highest BCUT2D eigenvalue weighted by Gasteiger charge is 2.58. The van der Waals surface area contributed by atoms with Gasteiger partial charge >= 0.3 is 0 Å². The Morgan fingerprint density at radius 1 is 1.13 bits per heavy atom. The number of benzene rings is 1. The van der Waals surface area contributed by atoms with Crippen molar-refractivity contribution in [1.29, 1.82) is 0 Å². The summed E-state index contributed by atoms with van der Waals surface area (Å²) in [6, 6.07) is 6.60. The average Bonchev–Trinajstić information content (AvgIpc) is 3.16. The van der Waals surface area contributed by atoms with Gasteiger partial charge in [-0.15, -0.1) is 0 Å². The highest BCUT2D eigenvalue weighted by Crippen LogP contribution is 2.57. The number of aromatic nitrogens is 6. The zero-order valence-corrected chi connectivity index (χ0v) is 16.1. The molecule has 3 atom stereocenters. The minimum absolute atomic E-state index is 0.170. The summed E-state index contributed by atoms with van der Waals surface area (Å²) in [4.78, 5) is 27.8. The number of aryl methyl sites for hydroxylation is 1. The molecule has 1 aliphatic heterocycles. The Kier molecular flexibility index (Phi) is 3.59. The molecule has 1 aromatic carbocycles. The first-order valence-corrected chi connectivity index (χ1v) is 9.78. The van der Waals surface area contributed by atoms with E-state index >= 15 is 0 Å². The second kappa shape index (κ2) is 6.22. The molecule has 0 spiro atoms. The van der Waals surface area contributed by atoms with Crippen LogP contribution in [0.15, 0.2) is 46.2 Å². The van der Waals surface area contributed by atoms with Crippen LogP contribution in [0.3, 0.4) is 0 Å². The molecule has 0 bridgehead atoms. The monoisotopic (exact) mass is 407 g/mol. The molecule has 2 aliphatic rings. The van der Waals surface area contributed by atoms with Crippen LogP contribution in [0.25, 0.3) is 11.2 Å². The van der Waals surface area contributed by atoms with Gasteiger partial charge in [-0.3, -0.25) is 9.36 Å². The van der Waals surface area contributed by atoms with Gasteiger partial charge in [0, 0.05) is 31.7 Å². The number of halogens is 1. The Hall–Kier alpha value is -3.56. The molecule has 1 saturated heterocycles. The zero-order chi connectivity index (χ0) is 20.4. The van der Waals surface area contributed by atoms with E-state index in [1.165, 1.54) is 23.0 Å². The van der Waals surface area contributed by atoms with Gasteiger partial charge in [0.05, 0.1) is 6.33 Å². The van der Waals surface area contributed by atoms with E-state index in [9.17, 15) is 9.18 Å². The topological polar surface area (TPSA) is 94.9 Å². The molecule has 4 aromatic rings. The first-order chi connectivity index (χ1) is 14.6. The van der Waals surface area contributed by atoms with Gasteiger partial charge in [-0.1, -0.05) is 5.16 Å². The normalized spacial score (nSPS) is 22.6.